The van der Waals surface area contributed by atoms with Crippen LogP contribution in [0.3, 0.4) is 0 Å². The molecule has 0 radical (unpaired) electrons. The Morgan fingerprint density at radius 1 is 1.32 bits per heavy atom. The summed E-state index contributed by atoms with van der Waals surface area (Å²) in [6.45, 7) is 4.95. The van der Waals surface area contributed by atoms with E-state index >= 15 is 0 Å². The fraction of sp³-hybridized carbons (Fsp3) is 0.429. The number of nitro groups is 1. The lowest BCUT2D eigenvalue weighted by molar-refractivity contribution is -0.384. The smallest absolute Gasteiger partial charge is 0.338 e. The van der Waals surface area contributed by atoms with Crippen LogP contribution in [0, 0.1) is 10.1 Å². The van der Waals surface area contributed by atoms with Crippen molar-refractivity contribution in [3.63, 3.8) is 0 Å². The number of anilines is 1. The van der Waals surface area contributed by atoms with Crippen molar-refractivity contribution in [1.82, 2.24) is 5.32 Å². The summed E-state index contributed by atoms with van der Waals surface area (Å²) in [6.07, 6.45) is 0. The van der Waals surface area contributed by atoms with E-state index in [0.717, 1.165) is 6.07 Å². The predicted molar refractivity (Wildman–Crippen MR) is 80.8 cm³/mol. The molecule has 1 amide bonds. The van der Waals surface area contributed by atoms with Gasteiger partial charge in [0.2, 0.25) is 0 Å². The van der Waals surface area contributed by atoms with Crippen LogP contribution in [0.25, 0.3) is 0 Å². The van der Waals surface area contributed by atoms with Gasteiger partial charge in [-0.1, -0.05) is 0 Å². The number of nitro benzene ring substituents is 1. The van der Waals surface area contributed by atoms with Gasteiger partial charge in [-0.3, -0.25) is 14.9 Å². The van der Waals surface area contributed by atoms with Crippen LogP contribution in [0.4, 0.5) is 11.4 Å². The monoisotopic (exact) mass is 309 g/mol. The molecule has 2 N–H and O–H groups in total. The topological polar surface area (TPSA) is 111 Å². The van der Waals surface area contributed by atoms with E-state index in [0.29, 0.717) is 0 Å². The molecule has 0 saturated heterocycles. The molecule has 0 spiro atoms. The van der Waals surface area contributed by atoms with Gasteiger partial charge in [0, 0.05) is 18.7 Å². The number of ether oxygens (including phenoxy) is 1. The molecule has 0 atom stereocenters. The Morgan fingerprint density at radius 2 is 1.95 bits per heavy atom. The first-order valence-electron chi connectivity index (χ1n) is 6.58. The Bertz CT molecular complexity index is 593. The van der Waals surface area contributed by atoms with Gasteiger partial charge in [-0.25, -0.2) is 4.79 Å². The quantitative estimate of drug-likeness (QED) is 0.486. The molecule has 0 unspecified atom stereocenters. The fourth-order valence-corrected chi connectivity index (χ4v) is 1.69. The number of carbonyl (C=O) groups is 2. The molecule has 1 aromatic rings. The number of nitrogens with zero attached hydrogens (tertiary/aromatic N) is 1. The summed E-state index contributed by atoms with van der Waals surface area (Å²) in [7, 11) is 1.54. The predicted octanol–water partition coefficient (Wildman–Crippen LogP) is 1.71. The molecule has 0 fully saturated rings. The molecule has 120 valence electrons. The molecule has 1 aromatic carbocycles. The summed E-state index contributed by atoms with van der Waals surface area (Å²) in [6, 6.07) is 3.91. The minimum Gasteiger partial charge on any atom is -0.452 e. The first kappa shape index (κ1) is 17.4. The van der Waals surface area contributed by atoms with Gasteiger partial charge in [-0.15, -0.1) is 0 Å². The van der Waals surface area contributed by atoms with E-state index in [1.807, 2.05) is 0 Å². The summed E-state index contributed by atoms with van der Waals surface area (Å²) < 4.78 is 4.85. The summed E-state index contributed by atoms with van der Waals surface area (Å²) in [5, 5.41) is 16.2. The van der Waals surface area contributed by atoms with Crippen molar-refractivity contribution in [3.05, 3.63) is 33.9 Å². The minimum absolute atomic E-state index is 0.00857. The molecular weight excluding hydrogens is 290 g/mol. The van der Waals surface area contributed by atoms with Gasteiger partial charge in [0.1, 0.15) is 5.69 Å². The summed E-state index contributed by atoms with van der Waals surface area (Å²) in [5.41, 5.74) is -0.381. The number of hydrogen-bond acceptors (Lipinski definition) is 6. The SMILES string of the molecule is CNc1ccc(C(=O)OCC(=O)NC(C)(C)C)cc1[N+](=O)[O-]. The van der Waals surface area contributed by atoms with E-state index < -0.39 is 28.9 Å². The number of benzene rings is 1. The van der Waals surface area contributed by atoms with Gasteiger partial charge in [0.15, 0.2) is 6.61 Å². The summed E-state index contributed by atoms with van der Waals surface area (Å²) >= 11 is 0. The van der Waals surface area contributed by atoms with E-state index in [1.165, 1.54) is 19.2 Å². The number of esters is 1. The molecular formula is C14H19N3O5. The largest absolute Gasteiger partial charge is 0.452 e. The number of hydrogen-bond donors (Lipinski definition) is 2. The Kier molecular flexibility index (Phi) is 5.44. The second-order valence-electron chi connectivity index (χ2n) is 5.61. The number of rotatable bonds is 5. The average Bonchev–Trinajstić information content (AvgIpc) is 2.42. The van der Waals surface area contributed by atoms with E-state index in [4.69, 9.17) is 4.74 Å². The lowest BCUT2D eigenvalue weighted by Crippen LogP contribution is -2.42. The maximum Gasteiger partial charge on any atom is 0.338 e. The second kappa shape index (κ2) is 6.88. The van der Waals surface area contributed by atoms with Crippen LogP contribution in [0.15, 0.2) is 18.2 Å². The Hall–Kier alpha value is -2.64. The highest BCUT2D eigenvalue weighted by atomic mass is 16.6. The fourth-order valence-electron chi connectivity index (χ4n) is 1.69. The molecule has 0 bridgehead atoms. The van der Waals surface area contributed by atoms with Crippen molar-refractivity contribution >= 4 is 23.3 Å². The Labute approximate surface area is 128 Å². The lowest BCUT2D eigenvalue weighted by atomic mass is 10.1. The molecule has 0 aliphatic rings. The molecule has 1 rings (SSSR count). The van der Waals surface area contributed by atoms with Gasteiger partial charge in [-0.2, -0.15) is 0 Å². The molecule has 22 heavy (non-hydrogen) atoms. The maximum atomic E-state index is 11.8. The van der Waals surface area contributed by atoms with Gasteiger partial charge in [0.25, 0.3) is 11.6 Å². The van der Waals surface area contributed by atoms with Crippen molar-refractivity contribution in [2.75, 3.05) is 19.0 Å². The summed E-state index contributed by atoms with van der Waals surface area (Å²) in [4.78, 5) is 33.7. The van der Waals surface area contributed by atoms with Crippen LogP contribution >= 0.6 is 0 Å². The Balaban J connectivity index is 2.76. The zero-order valence-electron chi connectivity index (χ0n) is 12.9. The van der Waals surface area contributed by atoms with Crippen molar-refractivity contribution in [1.29, 1.82) is 0 Å². The average molecular weight is 309 g/mol. The highest BCUT2D eigenvalue weighted by Crippen LogP contribution is 2.25. The zero-order valence-corrected chi connectivity index (χ0v) is 12.9. The van der Waals surface area contributed by atoms with Crippen LogP contribution in [0.1, 0.15) is 31.1 Å². The van der Waals surface area contributed by atoms with Crippen molar-refractivity contribution in [3.8, 4) is 0 Å². The lowest BCUT2D eigenvalue weighted by Gasteiger charge is -2.20. The van der Waals surface area contributed by atoms with Crippen LogP contribution in [0.2, 0.25) is 0 Å². The van der Waals surface area contributed by atoms with E-state index in [-0.39, 0.29) is 16.9 Å². The normalized spacial score (nSPS) is 10.7. The number of amides is 1. The van der Waals surface area contributed by atoms with Gasteiger partial charge >= 0.3 is 5.97 Å². The second-order valence-corrected chi connectivity index (χ2v) is 5.61. The number of nitrogens with one attached hydrogen (secondary N) is 2. The van der Waals surface area contributed by atoms with Crippen molar-refractivity contribution in [2.45, 2.75) is 26.3 Å². The number of carbonyl (C=O) groups excluding carboxylic acids is 2. The van der Waals surface area contributed by atoms with Gasteiger partial charge in [0.05, 0.1) is 10.5 Å². The highest BCUT2D eigenvalue weighted by molar-refractivity contribution is 5.93. The third kappa shape index (κ3) is 5.04. The molecule has 8 heteroatoms. The van der Waals surface area contributed by atoms with Crippen molar-refractivity contribution in [2.24, 2.45) is 0 Å². The van der Waals surface area contributed by atoms with Crippen LogP contribution < -0.4 is 10.6 Å². The van der Waals surface area contributed by atoms with Gasteiger partial charge < -0.3 is 15.4 Å². The van der Waals surface area contributed by atoms with Crippen LogP contribution in [-0.4, -0.2) is 36.0 Å². The van der Waals surface area contributed by atoms with E-state index in [1.54, 1.807) is 20.8 Å². The minimum atomic E-state index is -0.796. The molecule has 8 nitrogen and oxygen atoms in total. The van der Waals surface area contributed by atoms with Crippen LogP contribution in [0.5, 0.6) is 0 Å². The van der Waals surface area contributed by atoms with Crippen molar-refractivity contribution < 1.29 is 19.2 Å². The molecule has 0 aromatic heterocycles. The molecule has 0 aliphatic carbocycles. The third-order valence-electron chi connectivity index (χ3n) is 2.55. The van der Waals surface area contributed by atoms with E-state index in [9.17, 15) is 19.7 Å². The summed E-state index contributed by atoms with van der Waals surface area (Å²) in [5.74, 6) is -1.24. The van der Waals surface area contributed by atoms with Crippen LogP contribution in [-0.2, 0) is 9.53 Å². The maximum absolute atomic E-state index is 11.8. The first-order chi connectivity index (χ1) is 10.1. The zero-order chi connectivity index (χ0) is 16.9. The molecule has 0 saturated carbocycles. The molecule has 0 heterocycles. The third-order valence-corrected chi connectivity index (χ3v) is 2.55. The highest BCUT2D eigenvalue weighted by Gasteiger charge is 2.19. The standard InChI is InChI=1S/C14H19N3O5/c1-14(2,3)16-12(18)8-22-13(19)9-5-6-10(15-4)11(7-9)17(20)21/h5-7,15H,8H2,1-4H3,(H,16,18). The first-order valence-corrected chi connectivity index (χ1v) is 6.58. The van der Waals surface area contributed by atoms with E-state index in [2.05, 4.69) is 10.6 Å². The molecule has 0 aliphatic heterocycles. The van der Waals surface area contributed by atoms with Gasteiger partial charge in [-0.05, 0) is 32.9 Å². The Morgan fingerprint density at radius 3 is 2.45 bits per heavy atom.